The summed E-state index contributed by atoms with van der Waals surface area (Å²) in [6, 6.07) is 12.1. The number of hydrogen-bond donors (Lipinski definition) is 0. The van der Waals surface area contributed by atoms with Crippen LogP contribution in [0.5, 0.6) is 0 Å². The van der Waals surface area contributed by atoms with Crippen LogP contribution in [-0.2, 0) is 11.3 Å². The largest absolute Gasteiger partial charge is 0.299 e. The molecule has 1 aromatic carbocycles. The fraction of sp³-hybridized carbons (Fsp3) is 0.667. The fourth-order valence-corrected chi connectivity index (χ4v) is 4.43. The molecule has 0 N–H and O–H groups in total. The highest BCUT2D eigenvalue weighted by atomic mass is 16.1. The second-order valence-corrected chi connectivity index (χ2v) is 7.96. The van der Waals surface area contributed by atoms with Crippen molar-refractivity contribution in [2.24, 2.45) is 11.8 Å². The monoisotopic (exact) mass is 313 g/mol. The summed E-state index contributed by atoms with van der Waals surface area (Å²) in [4.78, 5) is 15.3. The first-order chi connectivity index (χ1) is 11.1. The Morgan fingerprint density at radius 2 is 1.78 bits per heavy atom. The third-order valence-electron chi connectivity index (χ3n) is 5.76. The van der Waals surface area contributed by atoms with Crippen molar-refractivity contribution in [2.45, 2.75) is 77.4 Å². The summed E-state index contributed by atoms with van der Waals surface area (Å²) in [5.41, 5.74) is 1.41. The molecule has 2 saturated heterocycles. The van der Waals surface area contributed by atoms with E-state index in [1.54, 1.807) is 0 Å². The molecule has 0 saturated carbocycles. The van der Waals surface area contributed by atoms with Crippen molar-refractivity contribution in [3.05, 3.63) is 35.9 Å². The van der Waals surface area contributed by atoms with Gasteiger partial charge in [0, 0.05) is 31.0 Å². The highest BCUT2D eigenvalue weighted by Crippen LogP contribution is 2.38. The Morgan fingerprint density at radius 1 is 1.13 bits per heavy atom. The first-order valence-electron chi connectivity index (χ1n) is 9.46. The van der Waals surface area contributed by atoms with Crippen LogP contribution in [-0.4, -0.2) is 22.8 Å². The average Bonchev–Trinajstić information content (AvgIpc) is 2.53. The van der Waals surface area contributed by atoms with E-state index in [1.165, 1.54) is 24.8 Å². The van der Waals surface area contributed by atoms with Crippen LogP contribution >= 0.6 is 0 Å². The van der Waals surface area contributed by atoms with Crippen molar-refractivity contribution in [2.75, 3.05) is 0 Å². The van der Waals surface area contributed by atoms with Crippen LogP contribution in [0.4, 0.5) is 0 Å². The van der Waals surface area contributed by atoms with Gasteiger partial charge in [-0.1, -0.05) is 50.6 Å². The van der Waals surface area contributed by atoms with Crippen molar-refractivity contribution in [1.29, 1.82) is 0 Å². The van der Waals surface area contributed by atoms with Gasteiger partial charge in [-0.05, 0) is 43.6 Å². The standard InChI is InChI=1S/C21H31NO/c1-16(2)11-12-21(23)18-13-19-9-6-10-20(14-18)22(19)15-17-7-4-3-5-8-17/h3-5,7-8,16,18-20H,6,9-15H2,1-2H3. The van der Waals surface area contributed by atoms with E-state index in [1.807, 2.05) is 0 Å². The van der Waals surface area contributed by atoms with Gasteiger partial charge in [0.15, 0.2) is 0 Å². The van der Waals surface area contributed by atoms with Gasteiger partial charge in [-0.3, -0.25) is 9.69 Å². The molecule has 2 bridgehead atoms. The highest BCUT2D eigenvalue weighted by Gasteiger charge is 2.40. The lowest BCUT2D eigenvalue weighted by atomic mass is 9.75. The minimum atomic E-state index is 0.330. The molecule has 0 aliphatic carbocycles. The molecule has 126 valence electrons. The van der Waals surface area contributed by atoms with Crippen LogP contribution in [0, 0.1) is 11.8 Å². The second-order valence-electron chi connectivity index (χ2n) is 7.96. The lowest BCUT2D eigenvalue weighted by Gasteiger charge is -2.48. The third-order valence-corrected chi connectivity index (χ3v) is 5.76. The number of rotatable bonds is 6. The van der Waals surface area contributed by atoms with E-state index in [-0.39, 0.29) is 0 Å². The maximum Gasteiger partial charge on any atom is 0.136 e. The molecule has 23 heavy (non-hydrogen) atoms. The van der Waals surface area contributed by atoms with Crippen LogP contribution in [0.25, 0.3) is 0 Å². The van der Waals surface area contributed by atoms with Gasteiger partial charge in [-0.2, -0.15) is 0 Å². The molecule has 0 amide bonds. The molecule has 0 spiro atoms. The summed E-state index contributed by atoms with van der Waals surface area (Å²) in [6.07, 6.45) is 7.93. The van der Waals surface area contributed by atoms with Gasteiger partial charge < -0.3 is 0 Å². The van der Waals surface area contributed by atoms with Gasteiger partial charge in [0.1, 0.15) is 5.78 Å². The molecule has 0 radical (unpaired) electrons. The van der Waals surface area contributed by atoms with Crippen molar-refractivity contribution < 1.29 is 4.79 Å². The summed E-state index contributed by atoms with van der Waals surface area (Å²) in [7, 11) is 0. The minimum absolute atomic E-state index is 0.330. The maximum atomic E-state index is 12.6. The number of carbonyl (C=O) groups excluding carboxylic acids is 1. The van der Waals surface area contributed by atoms with Crippen LogP contribution in [0.15, 0.2) is 30.3 Å². The molecule has 2 aliphatic rings. The Hall–Kier alpha value is -1.15. The van der Waals surface area contributed by atoms with Crippen molar-refractivity contribution in [3.63, 3.8) is 0 Å². The van der Waals surface area contributed by atoms with Crippen LogP contribution in [0.1, 0.15) is 64.4 Å². The van der Waals surface area contributed by atoms with Crippen molar-refractivity contribution in [1.82, 2.24) is 4.90 Å². The summed E-state index contributed by atoms with van der Waals surface area (Å²) >= 11 is 0. The van der Waals surface area contributed by atoms with Gasteiger partial charge in [0.25, 0.3) is 0 Å². The van der Waals surface area contributed by atoms with Gasteiger partial charge in [0.2, 0.25) is 0 Å². The Balaban J connectivity index is 1.62. The lowest BCUT2D eigenvalue weighted by molar-refractivity contribution is -0.127. The lowest BCUT2D eigenvalue weighted by Crippen LogP contribution is -2.52. The normalized spacial score (nSPS) is 28.0. The molecule has 1 aromatic rings. The topological polar surface area (TPSA) is 20.3 Å². The minimum Gasteiger partial charge on any atom is -0.299 e. The first-order valence-corrected chi connectivity index (χ1v) is 9.46. The first kappa shape index (κ1) is 16.7. The van der Waals surface area contributed by atoms with Gasteiger partial charge >= 0.3 is 0 Å². The van der Waals surface area contributed by atoms with Crippen LogP contribution in [0.3, 0.4) is 0 Å². The van der Waals surface area contributed by atoms with E-state index < -0.39 is 0 Å². The molecule has 2 heteroatoms. The number of hydrogen-bond acceptors (Lipinski definition) is 2. The summed E-state index contributed by atoms with van der Waals surface area (Å²) in [6.45, 7) is 5.48. The van der Waals surface area contributed by atoms with Crippen molar-refractivity contribution >= 4 is 5.78 Å². The summed E-state index contributed by atoms with van der Waals surface area (Å²) in [5, 5.41) is 0. The number of ketones is 1. The molecule has 2 unspecified atom stereocenters. The van der Waals surface area contributed by atoms with Crippen molar-refractivity contribution in [3.8, 4) is 0 Å². The number of nitrogens with zero attached hydrogens (tertiary/aromatic N) is 1. The Labute approximate surface area is 141 Å². The Kier molecular flexibility index (Phi) is 5.53. The van der Waals surface area contributed by atoms with E-state index >= 15 is 0 Å². The van der Waals surface area contributed by atoms with Gasteiger partial charge in [-0.15, -0.1) is 0 Å². The molecule has 2 nitrogen and oxygen atoms in total. The van der Waals surface area contributed by atoms with Gasteiger partial charge in [0.05, 0.1) is 0 Å². The summed E-state index contributed by atoms with van der Waals surface area (Å²) < 4.78 is 0. The van der Waals surface area contributed by atoms with E-state index in [0.29, 0.717) is 29.7 Å². The molecule has 2 atom stereocenters. The number of fused-ring (bicyclic) bond motifs is 2. The van der Waals surface area contributed by atoms with E-state index in [2.05, 4.69) is 49.1 Å². The van der Waals surface area contributed by atoms with Gasteiger partial charge in [-0.25, -0.2) is 0 Å². The molecule has 3 rings (SSSR count). The third kappa shape index (κ3) is 4.23. The quantitative estimate of drug-likeness (QED) is 0.750. The number of piperidine rings is 2. The van der Waals surface area contributed by atoms with E-state index in [4.69, 9.17) is 0 Å². The molecule has 2 fully saturated rings. The number of Topliss-reactive ketones (excluding diaryl/α,β-unsaturated/α-hetero) is 1. The molecule has 2 aliphatic heterocycles. The number of benzene rings is 1. The molecule has 0 aromatic heterocycles. The zero-order chi connectivity index (χ0) is 16.2. The Bertz CT molecular complexity index is 496. The van der Waals surface area contributed by atoms with Crippen LogP contribution < -0.4 is 0 Å². The maximum absolute atomic E-state index is 12.6. The predicted octanol–water partition coefficient (Wildman–Crippen LogP) is 4.83. The SMILES string of the molecule is CC(C)CCC(=O)C1CC2CCCC(C1)N2Cc1ccccc1. The number of carbonyl (C=O) groups is 1. The second kappa shape index (κ2) is 7.61. The molecule has 2 heterocycles. The van der Waals surface area contributed by atoms with Crippen LogP contribution in [0.2, 0.25) is 0 Å². The molecular formula is C21H31NO. The summed E-state index contributed by atoms with van der Waals surface area (Å²) in [5.74, 6) is 1.50. The highest BCUT2D eigenvalue weighted by molar-refractivity contribution is 5.81. The smallest absolute Gasteiger partial charge is 0.136 e. The molecular weight excluding hydrogens is 282 g/mol. The van der Waals surface area contributed by atoms with E-state index in [9.17, 15) is 4.79 Å². The average molecular weight is 313 g/mol. The predicted molar refractivity (Wildman–Crippen MR) is 95.2 cm³/mol. The fourth-order valence-electron chi connectivity index (χ4n) is 4.43. The van der Waals surface area contributed by atoms with E-state index in [0.717, 1.165) is 32.2 Å². The zero-order valence-electron chi connectivity index (χ0n) is 14.7. The zero-order valence-corrected chi connectivity index (χ0v) is 14.7. The Morgan fingerprint density at radius 3 is 2.39 bits per heavy atom.